The highest BCUT2D eigenvalue weighted by Gasteiger charge is 2.24. The van der Waals surface area contributed by atoms with Gasteiger partial charge in [0.25, 0.3) is 5.91 Å². The number of anilines is 1. The van der Waals surface area contributed by atoms with Crippen molar-refractivity contribution in [3.05, 3.63) is 70.2 Å². The molecule has 1 saturated heterocycles. The molecule has 1 aliphatic rings. The molecule has 1 fully saturated rings. The smallest absolute Gasteiger partial charge is 0.273 e. The fraction of sp³-hybridized carbons (Fsp3) is 0.238. The molecule has 2 aromatic carbocycles. The third kappa shape index (κ3) is 3.99. The average molecular weight is 398 g/mol. The van der Waals surface area contributed by atoms with Gasteiger partial charge in [0.15, 0.2) is 0 Å². The van der Waals surface area contributed by atoms with Crippen molar-refractivity contribution in [1.82, 2.24) is 9.88 Å². The number of halogens is 1. The lowest BCUT2D eigenvalue weighted by Gasteiger charge is -2.36. The third-order valence-electron chi connectivity index (χ3n) is 4.75. The first-order valence-corrected chi connectivity index (χ1v) is 10.2. The van der Waals surface area contributed by atoms with Crippen LogP contribution in [0.3, 0.4) is 0 Å². The van der Waals surface area contributed by atoms with Gasteiger partial charge in [0.2, 0.25) is 0 Å². The molecule has 0 spiro atoms. The second-order valence-corrected chi connectivity index (χ2v) is 7.96. The van der Waals surface area contributed by atoms with E-state index in [9.17, 15) is 4.79 Å². The Hall–Kier alpha value is -2.37. The Morgan fingerprint density at radius 3 is 2.52 bits per heavy atom. The van der Waals surface area contributed by atoms with Crippen molar-refractivity contribution in [3.8, 4) is 10.6 Å². The zero-order valence-electron chi connectivity index (χ0n) is 15.1. The van der Waals surface area contributed by atoms with Crippen LogP contribution in [-0.2, 0) is 0 Å². The molecule has 2 heterocycles. The molecule has 1 amide bonds. The molecule has 3 aromatic rings. The van der Waals surface area contributed by atoms with Gasteiger partial charge in [0, 0.05) is 47.8 Å². The highest BCUT2D eigenvalue weighted by molar-refractivity contribution is 7.13. The predicted molar refractivity (Wildman–Crippen MR) is 112 cm³/mol. The Balaban J connectivity index is 1.42. The van der Waals surface area contributed by atoms with E-state index in [1.54, 1.807) is 0 Å². The van der Waals surface area contributed by atoms with Crippen LogP contribution >= 0.6 is 22.9 Å². The number of nitrogens with zero attached hydrogens (tertiary/aromatic N) is 3. The summed E-state index contributed by atoms with van der Waals surface area (Å²) in [7, 11) is 0. The zero-order valence-corrected chi connectivity index (χ0v) is 16.6. The average Bonchev–Trinajstić information content (AvgIpc) is 3.18. The molecule has 0 saturated carbocycles. The van der Waals surface area contributed by atoms with Crippen LogP contribution < -0.4 is 4.90 Å². The summed E-state index contributed by atoms with van der Waals surface area (Å²) in [5.41, 5.74) is 3.98. The second-order valence-electron chi connectivity index (χ2n) is 6.66. The van der Waals surface area contributed by atoms with Gasteiger partial charge in [-0.05, 0) is 36.8 Å². The molecule has 0 radical (unpaired) electrons. The fourth-order valence-corrected chi connectivity index (χ4v) is 4.18. The Bertz CT molecular complexity index is 946. The molecule has 0 N–H and O–H groups in total. The van der Waals surface area contributed by atoms with Crippen LogP contribution in [0.2, 0.25) is 5.02 Å². The van der Waals surface area contributed by atoms with Crippen LogP contribution in [0.25, 0.3) is 10.6 Å². The minimum Gasteiger partial charge on any atom is -0.368 e. The number of carbonyl (C=O) groups excluding carboxylic acids is 1. The molecule has 4 nitrogen and oxygen atoms in total. The van der Waals surface area contributed by atoms with Crippen LogP contribution in [0.4, 0.5) is 5.69 Å². The summed E-state index contributed by atoms with van der Waals surface area (Å²) >= 11 is 7.43. The molecule has 27 heavy (non-hydrogen) atoms. The van der Waals surface area contributed by atoms with E-state index in [-0.39, 0.29) is 5.91 Å². The summed E-state index contributed by atoms with van der Waals surface area (Å²) in [6, 6.07) is 16.0. The zero-order chi connectivity index (χ0) is 18.8. The normalized spacial score (nSPS) is 14.4. The Kier molecular flexibility index (Phi) is 5.14. The largest absolute Gasteiger partial charge is 0.368 e. The molecule has 0 aliphatic carbocycles. The number of benzene rings is 2. The Morgan fingerprint density at radius 2 is 1.81 bits per heavy atom. The van der Waals surface area contributed by atoms with Crippen molar-refractivity contribution in [2.24, 2.45) is 0 Å². The van der Waals surface area contributed by atoms with Crippen LogP contribution in [-0.4, -0.2) is 42.0 Å². The first-order chi connectivity index (χ1) is 13.1. The Labute approximate surface area is 168 Å². The van der Waals surface area contributed by atoms with Gasteiger partial charge in [-0.1, -0.05) is 35.9 Å². The number of aromatic nitrogens is 1. The number of carbonyl (C=O) groups is 1. The molecule has 4 rings (SSSR count). The minimum atomic E-state index is 0.00959. The van der Waals surface area contributed by atoms with Crippen molar-refractivity contribution < 1.29 is 4.79 Å². The number of rotatable bonds is 3. The summed E-state index contributed by atoms with van der Waals surface area (Å²) < 4.78 is 0. The van der Waals surface area contributed by atoms with Crippen molar-refractivity contribution in [3.63, 3.8) is 0 Å². The Morgan fingerprint density at radius 1 is 1.07 bits per heavy atom. The molecular formula is C21H20ClN3OS. The number of thiazole rings is 1. The number of hydrogen-bond donors (Lipinski definition) is 0. The summed E-state index contributed by atoms with van der Waals surface area (Å²) in [6.07, 6.45) is 0. The van der Waals surface area contributed by atoms with Crippen molar-refractivity contribution in [2.75, 3.05) is 31.1 Å². The summed E-state index contributed by atoms with van der Waals surface area (Å²) in [5.74, 6) is 0.00959. The predicted octanol–water partition coefficient (Wildman–Crippen LogP) is 4.73. The van der Waals surface area contributed by atoms with Crippen molar-refractivity contribution in [2.45, 2.75) is 6.92 Å². The van der Waals surface area contributed by atoms with E-state index < -0.39 is 0 Å². The van der Waals surface area contributed by atoms with E-state index in [0.717, 1.165) is 23.7 Å². The van der Waals surface area contributed by atoms with Crippen LogP contribution in [0.5, 0.6) is 0 Å². The second kappa shape index (κ2) is 7.71. The lowest BCUT2D eigenvalue weighted by Crippen LogP contribution is -2.48. The number of amides is 1. The van der Waals surface area contributed by atoms with Crippen LogP contribution in [0.1, 0.15) is 16.1 Å². The molecule has 1 aromatic heterocycles. The fourth-order valence-electron chi connectivity index (χ4n) is 3.25. The molecule has 0 unspecified atom stereocenters. The van der Waals surface area contributed by atoms with E-state index in [4.69, 9.17) is 11.6 Å². The summed E-state index contributed by atoms with van der Waals surface area (Å²) in [5, 5.41) is 3.38. The van der Waals surface area contributed by atoms with Gasteiger partial charge in [-0.3, -0.25) is 4.79 Å². The first kappa shape index (κ1) is 18.0. The van der Waals surface area contributed by atoms with Crippen molar-refractivity contribution >= 4 is 34.5 Å². The van der Waals surface area contributed by atoms with Crippen LogP contribution in [0, 0.1) is 6.92 Å². The van der Waals surface area contributed by atoms with Gasteiger partial charge in [0.1, 0.15) is 10.7 Å². The van der Waals surface area contributed by atoms with Gasteiger partial charge in [-0.25, -0.2) is 4.98 Å². The minimum absolute atomic E-state index is 0.00959. The summed E-state index contributed by atoms with van der Waals surface area (Å²) in [6.45, 7) is 5.19. The van der Waals surface area contributed by atoms with E-state index in [1.807, 2.05) is 34.5 Å². The first-order valence-electron chi connectivity index (χ1n) is 8.92. The lowest BCUT2D eigenvalue weighted by atomic mass is 10.2. The molecule has 138 valence electrons. The van der Waals surface area contributed by atoms with Gasteiger partial charge in [0.05, 0.1) is 0 Å². The molecule has 0 bridgehead atoms. The van der Waals surface area contributed by atoms with Gasteiger partial charge in [-0.15, -0.1) is 11.3 Å². The molecular weight excluding hydrogens is 378 g/mol. The number of aryl methyl sites for hydroxylation is 1. The van der Waals surface area contributed by atoms with Crippen LogP contribution in [0.15, 0.2) is 53.9 Å². The van der Waals surface area contributed by atoms with Gasteiger partial charge in [-0.2, -0.15) is 0 Å². The number of hydrogen-bond acceptors (Lipinski definition) is 4. The third-order valence-corrected chi connectivity index (χ3v) is 5.89. The molecule has 0 atom stereocenters. The maximum absolute atomic E-state index is 12.8. The maximum Gasteiger partial charge on any atom is 0.273 e. The quantitative estimate of drug-likeness (QED) is 0.640. The topological polar surface area (TPSA) is 36.4 Å². The van der Waals surface area contributed by atoms with E-state index in [2.05, 4.69) is 41.1 Å². The van der Waals surface area contributed by atoms with E-state index >= 15 is 0 Å². The maximum atomic E-state index is 12.8. The van der Waals surface area contributed by atoms with E-state index in [0.29, 0.717) is 23.8 Å². The van der Waals surface area contributed by atoms with Crippen molar-refractivity contribution in [1.29, 1.82) is 0 Å². The highest BCUT2D eigenvalue weighted by Crippen LogP contribution is 2.26. The highest BCUT2D eigenvalue weighted by atomic mass is 35.5. The standard InChI is InChI=1S/C21H20ClN3OS/c1-15-3-2-4-18(13-15)24-9-11-25(12-10-24)21(26)19-14-27-20(23-19)16-5-7-17(22)8-6-16/h2-8,13-14H,9-12H2,1H3. The number of piperazine rings is 1. The monoisotopic (exact) mass is 397 g/mol. The van der Waals surface area contributed by atoms with E-state index in [1.165, 1.54) is 22.6 Å². The van der Waals surface area contributed by atoms with Gasteiger partial charge < -0.3 is 9.80 Å². The van der Waals surface area contributed by atoms with Gasteiger partial charge >= 0.3 is 0 Å². The summed E-state index contributed by atoms with van der Waals surface area (Å²) in [4.78, 5) is 21.6. The molecule has 6 heteroatoms. The SMILES string of the molecule is Cc1cccc(N2CCN(C(=O)c3csc(-c4ccc(Cl)cc4)n3)CC2)c1. The molecule has 1 aliphatic heterocycles. The lowest BCUT2D eigenvalue weighted by molar-refractivity contribution is 0.0742.